The van der Waals surface area contributed by atoms with Crippen molar-refractivity contribution in [1.29, 1.82) is 0 Å². The van der Waals surface area contributed by atoms with Crippen molar-refractivity contribution in [1.82, 2.24) is 4.98 Å². The predicted molar refractivity (Wildman–Crippen MR) is 61.5 cm³/mol. The summed E-state index contributed by atoms with van der Waals surface area (Å²) in [7, 11) is 0. The summed E-state index contributed by atoms with van der Waals surface area (Å²) in [6.07, 6.45) is 0. The first-order chi connectivity index (χ1) is 6.38. The van der Waals surface area contributed by atoms with Crippen LogP contribution in [0.4, 0.5) is 5.82 Å². The van der Waals surface area contributed by atoms with Crippen LogP contribution in [0, 0.1) is 6.92 Å². The topological polar surface area (TPSA) is 45.2 Å². The first-order valence-electron chi connectivity index (χ1n) is 4.48. The number of hydrogen-bond acceptors (Lipinski definition) is 3. The van der Waals surface area contributed by atoms with Gasteiger partial charge >= 0.3 is 0 Å². The Hall–Kier alpha value is -0.610. The Morgan fingerprint density at radius 2 is 2.14 bits per heavy atom. The van der Waals surface area contributed by atoms with E-state index >= 15 is 0 Å². The van der Waals surface area contributed by atoms with Crippen LogP contribution in [0.15, 0.2) is 16.6 Å². The summed E-state index contributed by atoms with van der Waals surface area (Å²) in [4.78, 5) is 4.31. The van der Waals surface area contributed by atoms with Gasteiger partial charge in [0, 0.05) is 11.0 Å². The van der Waals surface area contributed by atoms with E-state index in [4.69, 9.17) is 0 Å². The quantitative estimate of drug-likeness (QED) is 0.875. The van der Waals surface area contributed by atoms with E-state index in [0.717, 1.165) is 16.0 Å². The van der Waals surface area contributed by atoms with Gasteiger partial charge in [0.2, 0.25) is 0 Å². The molecule has 0 amide bonds. The van der Waals surface area contributed by atoms with Gasteiger partial charge in [0.1, 0.15) is 5.82 Å². The highest BCUT2D eigenvalue weighted by Gasteiger charge is 2.11. The Bertz CT molecular complexity index is 320. The third kappa shape index (κ3) is 3.64. The molecule has 1 aromatic heterocycles. The van der Waals surface area contributed by atoms with E-state index in [2.05, 4.69) is 26.2 Å². The molecule has 0 bridgehead atoms. The number of aryl methyl sites for hydroxylation is 1. The summed E-state index contributed by atoms with van der Waals surface area (Å²) < 4.78 is 0.992. The van der Waals surface area contributed by atoms with Gasteiger partial charge in [-0.1, -0.05) is 0 Å². The molecule has 0 saturated carbocycles. The van der Waals surface area contributed by atoms with Crippen LogP contribution in [0.3, 0.4) is 0 Å². The summed E-state index contributed by atoms with van der Waals surface area (Å²) in [6, 6.07) is 3.82. The van der Waals surface area contributed by atoms with Crippen LogP contribution in [0.25, 0.3) is 0 Å². The van der Waals surface area contributed by atoms with Crippen molar-refractivity contribution in [2.45, 2.75) is 26.4 Å². The third-order valence-corrected chi connectivity index (χ3v) is 2.56. The Kier molecular flexibility index (Phi) is 3.50. The predicted octanol–water partition coefficient (Wildman–Crippen LogP) is 2.34. The lowest BCUT2D eigenvalue weighted by Crippen LogP contribution is -2.29. The number of halogens is 1. The van der Waals surface area contributed by atoms with Gasteiger partial charge in [0.25, 0.3) is 0 Å². The molecule has 0 radical (unpaired) electrons. The SMILES string of the molecule is Cc1nc(NCC(C)(C)O)ccc1Br. The smallest absolute Gasteiger partial charge is 0.126 e. The van der Waals surface area contributed by atoms with Crippen molar-refractivity contribution in [2.24, 2.45) is 0 Å². The number of hydrogen-bond donors (Lipinski definition) is 2. The maximum absolute atomic E-state index is 9.50. The maximum atomic E-state index is 9.50. The summed E-state index contributed by atoms with van der Waals surface area (Å²) in [6.45, 7) is 5.93. The van der Waals surface area contributed by atoms with Gasteiger partial charge in [-0.05, 0) is 48.8 Å². The molecule has 0 fully saturated rings. The summed E-state index contributed by atoms with van der Waals surface area (Å²) in [5.74, 6) is 0.785. The van der Waals surface area contributed by atoms with Gasteiger partial charge in [-0.2, -0.15) is 0 Å². The first kappa shape index (κ1) is 11.5. The number of aliphatic hydroxyl groups is 1. The van der Waals surface area contributed by atoms with E-state index in [9.17, 15) is 5.11 Å². The lowest BCUT2D eigenvalue weighted by molar-refractivity contribution is 0.0944. The van der Waals surface area contributed by atoms with Crippen LogP contribution in [0.1, 0.15) is 19.5 Å². The minimum atomic E-state index is -0.720. The molecule has 0 aromatic carbocycles. The van der Waals surface area contributed by atoms with Crippen molar-refractivity contribution < 1.29 is 5.11 Å². The van der Waals surface area contributed by atoms with Gasteiger partial charge < -0.3 is 10.4 Å². The van der Waals surface area contributed by atoms with E-state index in [-0.39, 0.29) is 0 Å². The molecule has 0 atom stereocenters. The van der Waals surface area contributed by atoms with Crippen LogP contribution >= 0.6 is 15.9 Å². The van der Waals surface area contributed by atoms with Crippen molar-refractivity contribution in [3.05, 3.63) is 22.3 Å². The molecule has 0 saturated heterocycles. The highest BCUT2D eigenvalue weighted by molar-refractivity contribution is 9.10. The third-order valence-electron chi connectivity index (χ3n) is 1.72. The molecule has 2 N–H and O–H groups in total. The average molecular weight is 259 g/mol. The number of anilines is 1. The molecule has 14 heavy (non-hydrogen) atoms. The van der Waals surface area contributed by atoms with Gasteiger partial charge in [0.15, 0.2) is 0 Å². The molecule has 3 nitrogen and oxygen atoms in total. The highest BCUT2D eigenvalue weighted by Crippen LogP contribution is 2.16. The number of nitrogens with one attached hydrogen (secondary N) is 1. The molecule has 1 rings (SSSR count). The van der Waals surface area contributed by atoms with Crippen LogP contribution in [0.5, 0.6) is 0 Å². The summed E-state index contributed by atoms with van der Waals surface area (Å²) in [5, 5.41) is 12.6. The zero-order valence-electron chi connectivity index (χ0n) is 8.63. The summed E-state index contributed by atoms with van der Waals surface area (Å²) in [5.41, 5.74) is 0.216. The maximum Gasteiger partial charge on any atom is 0.126 e. The standard InChI is InChI=1S/C10H15BrN2O/c1-7-8(11)4-5-9(13-7)12-6-10(2,3)14/h4-5,14H,6H2,1-3H3,(H,12,13). The van der Waals surface area contributed by atoms with Gasteiger partial charge in [0.05, 0.1) is 11.3 Å². The molecular weight excluding hydrogens is 244 g/mol. The van der Waals surface area contributed by atoms with Gasteiger partial charge in [-0.15, -0.1) is 0 Å². The second-order valence-electron chi connectivity index (χ2n) is 3.93. The van der Waals surface area contributed by atoms with Crippen LogP contribution in [-0.4, -0.2) is 22.2 Å². The fraction of sp³-hybridized carbons (Fsp3) is 0.500. The molecule has 0 unspecified atom stereocenters. The fourth-order valence-electron chi connectivity index (χ4n) is 0.949. The molecular formula is C10H15BrN2O. The molecule has 1 aromatic rings. The zero-order valence-corrected chi connectivity index (χ0v) is 10.2. The van der Waals surface area contributed by atoms with Crippen molar-refractivity contribution in [2.75, 3.05) is 11.9 Å². The lowest BCUT2D eigenvalue weighted by Gasteiger charge is -2.18. The fourth-order valence-corrected chi connectivity index (χ4v) is 1.17. The molecule has 0 spiro atoms. The van der Waals surface area contributed by atoms with Gasteiger partial charge in [-0.25, -0.2) is 4.98 Å². The van der Waals surface area contributed by atoms with Crippen molar-refractivity contribution in [3.63, 3.8) is 0 Å². The largest absolute Gasteiger partial charge is 0.389 e. The summed E-state index contributed by atoms with van der Waals surface area (Å²) >= 11 is 3.38. The Balaban J connectivity index is 2.65. The average Bonchev–Trinajstić information content (AvgIpc) is 2.06. The van der Waals surface area contributed by atoms with E-state index in [0.29, 0.717) is 6.54 Å². The second kappa shape index (κ2) is 4.28. The van der Waals surface area contributed by atoms with Crippen LogP contribution in [0.2, 0.25) is 0 Å². The van der Waals surface area contributed by atoms with E-state index in [1.807, 2.05) is 19.1 Å². The number of pyridine rings is 1. The van der Waals surface area contributed by atoms with Crippen LogP contribution in [-0.2, 0) is 0 Å². The minimum absolute atomic E-state index is 0.487. The number of nitrogens with zero attached hydrogens (tertiary/aromatic N) is 1. The molecule has 0 aliphatic rings. The van der Waals surface area contributed by atoms with E-state index < -0.39 is 5.60 Å². The number of aromatic nitrogens is 1. The highest BCUT2D eigenvalue weighted by atomic mass is 79.9. The first-order valence-corrected chi connectivity index (χ1v) is 5.27. The zero-order chi connectivity index (χ0) is 10.8. The number of rotatable bonds is 3. The molecule has 1 heterocycles. The van der Waals surface area contributed by atoms with Crippen LogP contribution < -0.4 is 5.32 Å². The Morgan fingerprint density at radius 3 is 2.64 bits per heavy atom. The Morgan fingerprint density at radius 1 is 1.50 bits per heavy atom. The van der Waals surface area contributed by atoms with E-state index in [1.165, 1.54) is 0 Å². The minimum Gasteiger partial charge on any atom is -0.389 e. The van der Waals surface area contributed by atoms with Crippen molar-refractivity contribution in [3.8, 4) is 0 Å². The molecule has 0 aliphatic heterocycles. The lowest BCUT2D eigenvalue weighted by atomic mass is 10.1. The Labute approximate surface area is 92.7 Å². The van der Waals surface area contributed by atoms with E-state index in [1.54, 1.807) is 13.8 Å². The normalized spacial score (nSPS) is 11.5. The molecule has 0 aliphatic carbocycles. The molecule has 78 valence electrons. The van der Waals surface area contributed by atoms with Gasteiger partial charge in [-0.3, -0.25) is 0 Å². The monoisotopic (exact) mass is 258 g/mol. The molecule has 4 heteroatoms. The van der Waals surface area contributed by atoms with Crippen molar-refractivity contribution >= 4 is 21.7 Å². The second-order valence-corrected chi connectivity index (χ2v) is 4.78.